The topological polar surface area (TPSA) is 95.9 Å². The van der Waals surface area contributed by atoms with E-state index < -0.39 is 24.0 Å². The molecule has 1 saturated heterocycles. The van der Waals surface area contributed by atoms with E-state index in [0.717, 1.165) is 6.42 Å². The van der Waals surface area contributed by atoms with Gasteiger partial charge < -0.3 is 20.1 Å². The van der Waals surface area contributed by atoms with E-state index in [-0.39, 0.29) is 12.5 Å². The molecule has 1 fully saturated rings. The Morgan fingerprint density at radius 2 is 2.20 bits per heavy atom. The monoisotopic (exact) mass is 304 g/mol. The molecule has 0 aromatic rings. The highest BCUT2D eigenvalue weighted by Gasteiger charge is 2.35. The van der Waals surface area contributed by atoms with Gasteiger partial charge in [0.2, 0.25) is 11.8 Å². The molecule has 2 amide bonds. The van der Waals surface area contributed by atoms with Gasteiger partial charge in [0.15, 0.2) is 6.04 Å². The minimum atomic E-state index is -1.16. The highest BCUT2D eigenvalue weighted by molar-refractivity contribution is 7.99. The summed E-state index contributed by atoms with van der Waals surface area (Å²) in [6.45, 7) is 1.79. The first-order valence-corrected chi connectivity index (χ1v) is 7.56. The fraction of sp³-hybridized carbons (Fsp3) is 0.750. The molecule has 0 aromatic heterocycles. The van der Waals surface area contributed by atoms with E-state index in [9.17, 15) is 14.4 Å². The minimum Gasteiger partial charge on any atom is -0.480 e. The van der Waals surface area contributed by atoms with Crippen molar-refractivity contribution in [3.63, 3.8) is 0 Å². The Morgan fingerprint density at radius 1 is 1.50 bits per heavy atom. The molecule has 1 heterocycles. The smallest absolute Gasteiger partial charge is 0.328 e. The third-order valence-electron chi connectivity index (χ3n) is 2.92. The Kier molecular flexibility index (Phi) is 6.80. The first-order valence-electron chi connectivity index (χ1n) is 6.40. The highest BCUT2D eigenvalue weighted by atomic mass is 32.2. The molecule has 114 valence electrons. The average molecular weight is 304 g/mol. The van der Waals surface area contributed by atoms with Gasteiger partial charge in [0.1, 0.15) is 6.04 Å². The van der Waals surface area contributed by atoms with Gasteiger partial charge in [0.25, 0.3) is 0 Å². The number of ether oxygens (including phenoxy) is 1. The van der Waals surface area contributed by atoms with E-state index in [0.29, 0.717) is 18.1 Å². The number of carbonyl (C=O) groups excluding carboxylic acids is 2. The SMILES string of the molecule is CCCC(=O)N1CSCC1C(=O)NC(COC)C(=O)O. The van der Waals surface area contributed by atoms with Crippen LogP contribution in [0.4, 0.5) is 0 Å². The zero-order valence-corrected chi connectivity index (χ0v) is 12.4. The van der Waals surface area contributed by atoms with Crippen molar-refractivity contribution in [2.45, 2.75) is 31.8 Å². The van der Waals surface area contributed by atoms with Crippen molar-refractivity contribution in [1.29, 1.82) is 0 Å². The Bertz CT molecular complexity index is 377. The first kappa shape index (κ1) is 16.8. The predicted octanol–water partition coefficient (Wildman–Crippen LogP) is -0.0962. The van der Waals surface area contributed by atoms with Crippen molar-refractivity contribution in [2.24, 2.45) is 0 Å². The molecule has 1 aliphatic rings. The third-order valence-corrected chi connectivity index (χ3v) is 3.93. The molecule has 2 unspecified atom stereocenters. The molecule has 2 N–H and O–H groups in total. The van der Waals surface area contributed by atoms with Gasteiger partial charge in [-0.2, -0.15) is 0 Å². The molecular formula is C12H20N2O5S. The van der Waals surface area contributed by atoms with Crippen LogP contribution in [0.2, 0.25) is 0 Å². The summed E-state index contributed by atoms with van der Waals surface area (Å²) in [5.41, 5.74) is 0. The molecular weight excluding hydrogens is 284 g/mol. The van der Waals surface area contributed by atoms with Crippen molar-refractivity contribution >= 4 is 29.5 Å². The van der Waals surface area contributed by atoms with Crippen molar-refractivity contribution < 1.29 is 24.2 Å². The number of carboxylic acids is 1. The van der Waals surface area contributed by atoms with Crippen LogP contribution in [-0.4, -0.2) is 65.2 Å². The number of carbonyl (C=O) groups is 3. The van der Waals surface area contributed by atoms with E-state index >= 15 is 0 Å². The largest absolute Gasteiger partial charge is 0.480 e. The molecule has 0 aliphatic carbocycles. The Hall–Kier alpha value is -1.28. The number of hydrogen-bond acceptors (Lipinski definition) is 5. The van der Waals surface area contributed by atoms with Gasteiger partial charge in [-0.1, -0.05) is 6.92 Å². The molecule has 1 rings (SSSR count). The van der Waals surface area contributed by atoms with E-state index in [1.807, 2.05) is 6.92 Å². The molecule has 20 heavy (non-hydrogen) atoms. The summed E-state index contributed by atoms with van der Waals surface area (Å²) in [6, 6.07) is -1.70. The molecule has 0 saturated carbocycles. The van der Waals surface area contributed by atoms with Crippen LogP contribution < -0.4 is 5.32 Å². The number of rotatable bonds is 7. The van der Waals surface area contributed by atoms with Gasteiger partial charge in [-0.25, -0.2) is 4.79 Å². The number of hydrogen-bond donors (Lipinski definition) is 2. The molecule has 0 bridgehead atoms. The number of aliphatic carboxylic acids is 1. The zero-order chi connectivity index (χ0) is 15.1. The maximum absolute atomic E-state index is 12.1. The molecule has 2 atom stereocenters. The fourth-order valence-electron chi connectivity index (χ4n) is 1.87. The minimum absolute atomic E-state index is 0.0729. The lowest BCUT2D eigenvalue weighted by Crippen LogP contribution is -2.53. The summed E-state index contributed by atoms with van der Waals surface area (Å²) in [7, 11) is 1.37. The fourth-order valence-corrected chi connectivity index (χ4v) is 3.05. The number of methoxy groups -OCH3 is 1. The maximum atomic E-state index is 12.1. The van der Waals surface area contributed by atoms with Gasteiger partial charge in [0, 0.05) is 19.3 Å². The van der Waals surface area contributed by atoms with Crippen LogP contribution in [0.25, 0.3) is 0 Å². The normalized spacial score (nSPS) is 19.7. The van der Waals surface area contributed by atoms with E-state index in [4.69, 9.17) is 9.84 Å². The van der Waals surface area contributed by atoms with E-state index in [1.54, 1.807) is 0 Å². The second-order valence-corrected chi connectivity index (χ2v) is 5.48. The quantitative estimate of drug-likeness (QED) is 0.682. The molecule has 7 nitrogen and oxygen atoms in total. The molecule has 8 heteroatoms. The van der Waals surface area contributed by atoms with Crippen molar-refractivity contribution in [2.75, 3.05) is 25.3 Å². The van der Waals surface area contributed by atoms with Gasteiger partial charge in [-0.15, -0.1) is 11.8 Å². The second-order valence-electron chi connectivity index (χ2n) is 4.48. The number of nitrogens with one attached hydrogen (secondary N) is 1. The average Bonchev–Trinajstić information content (AvgIpc) is 2.87. The summed E-state index contributed by atoms with van der Waals surface area (Å²) in [5, 5.41) is 11.4. The van der Waals surface area contributed by atoms with Crippen molar-refractivity contribution in [3.8, 4) is 0 Å². The van der Waals surface area contributed by atoms with Crippen molar-refractivity contribution in [1.82, 2.24) is 10.2 Å². The van der Waals surface area contributed by atoms with Gasteiger partial charge in [0.05, 0.1) is 12.5 Å². The van der Waals surface area contributed by atoms with Crippen LogP contribution in [0.15, 0.2) is 0 Å². The molecule has 0 aromatic carbocycles. The van der Waals surface area contributed by atoms with Gasteiger partial charge in [-0.05, 0) is 6.42 Å². The number of thioether (sulfide) groups is 1. The number of carboxylic acid groups (broad SMARTS) is 1. The Labute approximate surface area is 122 Å². The van der Waals surface area contributed by atoms with Gasteiger partial charge in [-0.3, -0.25) is 9.59 Å². The zero-order valence-electron chi connectivity index (χ0n) is 11.6. The van der Waals surface area contributed by atoms with Gasteiger partial charge >= 0.3 is 5.97 Å². The molecule has 0 spiro atoms. The van der Waals surface area contributed by atoms with Crippen LogP contribution in [0.3, 0.4) is 0 Å². The highest BCUT2D eigenvalue weighted by Crippen LogP contribution is 2.22. The summed E-state index contributed by atoms with van der Waals surface area (Å²) in [4.78, 5) is 36.5. The Balaban J connectivity index is 2.65. The van der Waals surface area contributed by atoms with Crippen LogP contribution in [0.5, 0.6) is 0 Å². The number of nitrogens with zero attached hydrogens (tertiary/aromatic N) is 1. The van der Waals surface area contributed by atoms with E-state index in [1.165, 1.54) is 23.8 Å². The maximum Gasteiger partial charge on any atom is 0.328 e. The predicted molar refractivity (Wildman–Crippen MR) is 74.3 cm³/mol. The summed E-state index contributed by atoms with van der Waals surface area (Å²) >= 11 is 1.49. The summed E-state index contributed by atoms with van der Waals surface area (Å²) < 4.78 is 4.76. The second kappa shape index (κ2) is 8.11. The third kappa shape index (κ3) is 4.38. The standard InChI is InChI=1S/C12H20N2O5S/c1-3-4-10(15)14-7-20-6-9(14)11(16)13-8(5-19-2)12(17)18/h8-9H,3-7H2,1-2H3,(H,13,16)(H,17,18). The summed E-state index contributed by atoms with van der Waals surface area (Å²) in [6.07, 6.45) is 1.11. The van der Waals surface area contributed by atoms with Crippen molar-refractivity contribution in [3.05, 3.63) is 0 Å². The van der Waals surface area contributed by atoms with Crippen LogP contribution >= 0.6 is 11.8 Å². The van der Waals surface area contributed by atoms with Crippen LogP contribution in [0.1, 0.15) is 19.8 Å². The lowest BCUT2D eigenvalue weighted by atomic mass is 10.2. The summed E-state index contributed by atoms with van der Waals surface area (Å²) in [5.74, 6) is -0.711. The lowest BCUT2D eigenvalue weighted by molar-refractivity contribution is -0.145. The van der Waals surface area contributed by atoms with Crippen LogP contribution in [-0.2, 0) is 19.1 Å². The lowest BCUT2D eigenvalue weighted by Gasteiger charge is -2.24. The number of amides is 2. The first-order chi connectivity index (χ1) is 9.51. The van der Waals surface area contributed by atoms with E-state index in [2.05, 4.69) is 5.32 Å². The molecule has 0 radical (unpaired) electrons. The Morgan fingerprint density at radius 3 is 2.75 bits per heavy atom. The van der Waals surface area contributed by atoms with Crippen LogP contribution in [0, 0.1) is 0 Å². The molecule has 1 aliphatic heterocycles.